The molecule has 0 fully saturated rings. The number of rotatable bonds is 4. The van der Waals surface area contributed by atoms with Gasteiger partial charge in [-0.05, 0) is 50.2 Å². The van der Waals surface area contributed by atoms with Gasteiger partial charge in [0.05, 0.1) is 6.20 Å². The molecule has 0 aliphatic rings. The second-order valence-electron chi connectivity index (χ2n) is 6.05. The second kappa shape index (κ2) is 6.87. The van der Waals surface area contributed by atoms with Gasteiger partial charge in [0.1, 0.15) is 17.1 Å². The van der Waals surface area contributed by atoms with Gasteiger partial charge in [-0.1, -0.05) is 0 Å². The molecule has 1 N–H and O–H groups in total. The smallest absolute Gasteiger partial charge is 0.348 e. The van der Waals surface area contributed by atoms with Crippen molar-refractivity contribution in [2.45, 2.75) is 20.8 Å². The van der Waals surface area contributed by atoms with Crippen LogP contribution in [0.15, 0.2) is 42.6 Å². The molecule has 3 rings (SSSR count). The lowest BCUT2D eigenvalue weighted by molar-refractivity contribution is -0.114. The quantitative estimate of drug-likeness (QED) is 0.578. The number of hydrogen-bond acceptors (Lipinski definition) is 4. The number of aromatic nitrogens is 3. The van der Waals surface area contributed by atoms with E-state index >= 15 is 0 Å². The van der Waals surface area contributed by atoms with Crippen molar-refractivity contribution < 1.29 is 14.3 Å². The predicted molar refractivity (Wildman–Crippen MR) is 97.7 cm³/mol. The summed E-state index contributed by atoms with van der Waals surface area (Å²) in [6, 6.07) is 10.6. The van der Waals surface area contributed by atoms with E-state index in [-0.39, 0.29) is 5.91 Å². The fourth-order valence-corrected chi connectivity index (χ4v) is 2.81. The van der Waals surface area contributed by atoms with E-state index < -0.39 is 5.97 Å². The Morgan fingerprint density at radius 3 is 2.23 bits per heavy atom. The highest BCUT2D eigenvalue weighted by molar-refractivity contribution is 5.94. The molecule has 3 aromatic rings. The molecular weight excluding hydrogens is 332 g/mol. The zero-order valence-electron chi connectivity index (χ0n) is 15.1. The van der Waals surface area contributed by atoms with Crippen LogP contribution in [-0.4, -0.2) is 26.2 Å². The van der Waals surface area contributed by atoms with Crippen LogP contribution in [0, 0.1) is 13.8 Å². The first-order chi connectivity index (χ1) is 12.4. The molecule has 0 unspecified atom stereocenters. The van der Waals surface area contributed by atoms with Gasteiger partial charge in [0.15, 0.2) is 0 Å². The number of nitrogens with one attached hydrogen (secondary N) is 1. The maximum Gasteiger partial charge on any atom is 0.348 e. The Morgan fingerprint density at radius 2 is 1.65 bits per heavy atom. The van der Waals surface area contributed by atoms with Crippen molar-refractivity contribution in [2.75, 3.05) is 5.32 Å². The highest BCUT2D eigenvalue weighted by atomic mass is 16.5. The van der Waals surface area contributed by atoms with Gasteiger partial charge in [-0.2, -0.15) is 5.10 Å². The van der Waals surface area contributed by atoms with E-state index in [1.165, 1.54) is 13.1 Å². The molecule has 0 aliphatic carbocycles. The monoisotopic (exact) mass is 352 g/mol. The van der Waals surface area contributed by atoms with E-state index in [0.29, 0.717) is 22.8 Å². The summed E-state index contributed by atoms with van der Waals surface area (Å²) >= 11 is 0. The van der Waals surface area contributed by atoms with Gasteiger partial charge in [0, 0.05) is 31.0 Å². The van der Waals surface area contributed by atoms with Gasteiger partial charge in [-0.25, -0.2) is 4.79 Å². The average molecular weight is 352 g/mol. The lowest BCUT2D eigenvalue weighted by Crippen LogP contribution is -2.14. The molecule has 2 aromatic heterocycles. The molecule has 134 valence electrons. The van der Waals surface area contributed by atoms with Crippen LogP contribution in [0.1, 0.15) is 28.7 Å². The minimum atomic E-state index is -0.493. The van der Waals surface area contributed by atoms with Gasteiger partial charge >= 0.3 is 5.97 Å². The van der Waals surface area contributed by atoms with Gasteiger partial charge in [-0.3, -0.25) is 9.48 Å². The lowest BCUT2D eigenvalue weighted by atomic mass is 10.3. The first-order valence-corrected chi connectivity index (χ1v) is 8.14. The highest BCUT2D eigenvalue weighted by Gasteiger charge is 2.21. The maximum absolute atomic E-state index is 12.7. The second-order valence-corrected chi connectivity index (χ2v) is 6.05. The number of carbonyl (C=O) groups is 2. The number of ether oxygens (including phenoxy) is 1. The van der Waals surface area contributed by atoms with Crippen LogP contribution in [0.5, 0.6) is 5.75 Å². The lowest BCUT2D eigenvalue weighted by Gasteiger charge is -2.12. The molecule has 1 aromatic carbocycles. The number of anilines is 1. The summed E-state index contributed by atoms with van der Waals surface area (Å²) in [5.74, 6) is 0.393. The molecule has 7 nitrogen and oxygen atoms in total. The third-order valence-electron chi connectivity index (χ3n) is 4.00. The van der Waals surface area contributed by atoms with Crippen molar-refractivity contribution in [1.29, 1.82) is 0 Å². The summed E-state index contributed by atoms with van der Waals surface area (Å²) in [5, 5.41) is 6.88. The standard InChI is InChI=1S/C19H20N4O3/c1-12-5-6-13(2)23(12)18-17(11-20-22(18)4)19(25)26-16-9-7-15(8-10-16)21-14(3)24/h5-11H,1-4H3,(H,21,24). The number of esters is 1. The molecule has 0 saturated heterocycles. The summed E-state index contributed by atoms with van der Waals surface area (Å²) in [5.41, 5.74) is 3.01. The van der Waals surface area contributed by atoms with E-state index in [0.717, 1.165) is 11.4 Å². The van der Waals surface area contributed by atoms with E-state index in [9.17, 15) is 9.59 Å². The zero-order chi connectivity index (χ0) is 18.8. The average Bonchev–Trinajstić information content (AvgIpc) is 3.11. The molecule has 0 aliphatic heterocycles. The maximum atomic E-state index is 12.7. The van der Waals surface area contributed by atoms with Crippen LogP contribution in [0.2, 0.25) is 0 Å². The third-order valence-corrected chi connectivity index (χ3v) is 4.00. The first kappa shape index (κ1) is 17.5. The summed E-state index contributed by atoms with van der Waals surface area (Å²) in [6.45, 7) is 5.37. The molecule has 0 radical (unpaired) electrons. The fourth-order valence-electron chi connectivity index (χ4n) is 2.81. The predicted octanol–water partition coefficient (Wildman–Crippen LogP) is 3.01. The Hall–Kier alpha value is -3.35. The van der Waals surface area contributed by atoms with Gasteiger partial charge in [0.2, 0.25) is 5.91 Å². The van der Waals surface area contributed by atoms with Gasteiger partial charge in [-0.15, -0.1) is 0 Å². The van der Waals surface area contributed by atoms with E-state index in [2.05, 4.69) is 10.4 Å². The Balaban J connectivity index is 1.87. The molecule has 0 saturated carbocycles. The normalized spacial score (nSPS) is 10.6. The molecule has 1 amide bonds. The number of nitrogens with zero attached hydrogens (tertiary/aromatic N) is 3. The molecule has 26 heavy (non-hydrogen) atoms. The SMILES string of the molecule is CC(=O)Nc1ccc(OC(=O)c2cnn(C)c2-n2c(C)ccc2C)cc1. The molecular formula is C19H20N4O3. The van der Waals surface area contributed by atoms with Crippen molar-refractivity contribution in [1.82, 2.24) is 14.3 Å². The van der Waals surface area contributed by atoms with E-state index in [4.69, 9.17) is 4.74 Å². The van der Waals surface area contributed by atoms with E-state index in [1.807, 2.05) is 30.5 Å². The fraction of sp³-hybridized carbons (Fsp3) is 0.211. The molecule has 0 atom stereocenters. The summed E-state index contributed by atoms with van der Waals surface area (Å²) in [7, 11) is 1.78. The van der Waals surface area contributed by atoms with Crippen LogP contribution in [0.25, 0.3) is 5.82 Å². The molecule has 7 heteroatoms. The molecule has 0 bridgehead atoms. The number of amides is 1. The number of aryl methyl sites for hydroxylation is 3. The van der Waals surface area contributed by atoms with Gasteiger partial charge < -0.3 is 14.6 Å². The molecule has 0 spiro atoms. The summed E-state index contributed by atoms with van der Waals surface area (Å²) in [4.78, 5) is 23.7. The number of carbonyl (C=O) groups excluding carboxylic acids is 2. The summed E-state index contributed by atoms with van der Waals surface area (Å²) < 4.78 is 9.08. The number of hydrogen-bond donors (Lipinski definition) is 1. The van der Waals surface area contributed by atoms with Crippen molar-refractivity contribution >= 4 is 17.6 Å². The van der Waals surface area contributed by atoms with Crippen LogP contribution >= 0.6 is 0 Å². The Bertz CT molecular complexity index is 948. The topological polar surface area (TPSA) is 78.2 Å². The number of benzene rings is 1. The van der Waals surface area contributed by atoms with Crippen LogP contribution in [0.3, 0.4) is 0 Å². The summed E-state index contributed by atoms with van der Waals surface area (Å²) in [6.07, 6.45) is 1.50. The minimum Gasteiger partial charge on any atom is -0.423 e. The van der Waals surface area contributed by atoms with Crippen LogP contribution in [-0.2, 0) is 11.8 Å². The molecule has 2 heterocycles. The zero-order valence-corrected chi connectivity index (χ0v) is 15.1. The van der Waals surface area contributed by atoms with Gasteiger partial charge in [0.25, 0.3) is 0 Å². The van der Waals surface area contributed by atoms with Crippen LogP contribution in [0.4, 0.5) is 5.69 Å². The van der Waals surface area contributed by atoms with Crippen LogP contribution < -0.4 is 10.1 Å². The van der Waals surface area contributed by atoms with Crippen molar-refractivity contribution in [3.63, 3.8) is 0 Å². The van der Waals surface area contributed by atoms with Crippen molar-refractivity contribution in [2.24, 2.45) is 7.05 Å². The van der Waals surface area contributed by atoms with E-state index in [1.54, 1.807) is 36.0 Å². The largest absolute Gasteiger partial charge is 0.423 e. The Labute approximate surface area is 151 Å². The Morgan fingerprint density at radius 1 is 1.04 bits per heavy atom. The minimum absolute atomic E-state index is 0.160. The Kier molecular flexibility index (Phi) is 4.62. The highest BCUT2D eigenvalue weighted by Crippen LogP contribution is 2.22. The third kappa shape index (κ3) is 3.37. The van der Waals surface area contributed by atoms with Crippen molar-refractivity contribution in [3.05, 3.63) is 59.5 Å². The first-order valence-electron chi connectivity index (χ1n) is 8.14. The van der Waals surface area contributed by atoms with Crippen molar-refractivity contribution in [3.8, 4) is 11.6 Å².